The summed E-state index contributed by atoms with van der Waals surface area (Å²) < 4.78 is 39.1. The molecule has 4 nitrogen and oxygen atoms in total. The molecule has 2 unspecified atom stereocenters. The Morgan fingerprint density at radius 2 is 1.80 bits per heavy atom. The van der Waals surface area contributed by atoms with Gasteiger partial charge in [0.05, 0.1) is 0 Å². The lowest BCUT2D eigenvalue weighted by molar-refractivity contribution is -0.142. The topological polar surface area (TPSA) is 57.6 Å². The van der Waals surface area contributed by atoms with Gasteiger partial charge in [-0.3, -0.25) is 4.79 Å². The largest absolute Gasteiger partial charge is 0.480 e. The third kappa shape index (κ3) is 2.35. The Balaban J connectivity index is 2.34. The average molecular weight is 287 g/mol. The minimum absolute atomic E-state index is 0.178. The highest BCUT2D eigenvalue weighted by molar-refractivity contribution is 5.97. The van der Waals surface area contributed by atoms with Crippen LogP contribution < -0.4 is 0 Å². The zero-order valence-electron chi connectivity index (χ0n) is 10.6. The Kier molecular flexibility index (Phi) is 3.69. The smallest absolute Gasteiger partial charge is 0.326 e. The molecule has 1 aromatic rings. The molecule has 0 saturated carbocycles. The van der Waals surface area contributed by atoms with E-state index >= 15 is 0 Å². The van der Waals surface area contributed by atoms with Crippen LogP contribution in [0.5, 0.6) is 0 Å². The standard InChI is InChI=1S/C13H12F3NO3/c1-6-2-3-17(11(6)13(19)20)12(18)7-4-8(14)10(16)9(15)5-7/h4-6,11H,2-3H2,1H3,(H,19,20). The molecule has 1 amide bonds. The zero-order chi connectivity index (χ0) is 15.0. The van der Waals surface area contributed by atoms with Gasteiger partial charge in [-0.2, -0.15) is 0 Å². The van der Waals surface area contributed by atoms with E-state index in [0.29, 0.717) is 18.6 Å². The summed E-state index contributed by atoms with van der Waals surface area (Å²) in [5.41, 5.74) is -0.401. The van der Waals surface area contributed by atoms with Crippen molar-refractivity contribution in [3.05, 3.63) is 35.1 Å². The Labute approximate surface area is 112 Å². The number of likely N-dealkylation sites (tertiary alicyclic amines) is 1. The number of hydrogen-bond donors (Lipinski definition) is 1. The summed E-state index contributed by atoms with van der Waals surface area (Å²) in [6, 6.07) is 0.101. The summed E-state index contributed by atoms with van der Waals surface area (Å²) in [6.07, 6.45) is 0.481. The minimum Gasteiger partial charge on any atom is -0.480 e. The first-order chi connectivity index (χ1) is 9.32. The summed E-state index contributed by atoms with van der Waals surface area (Å²) in [5.74, 6) is -6.87. The van der Waals surface area contributed by atoms with Crippen LogP contribution in [0.15, 0.2) is 12.1 Å². The number of halogens is 3. The molecule has 7 heteroatoms. The molecule has 0 aromatic heterocycles. The van der Waals surface area contributed by atoms with Gasteiger partial charge in [-0.05, 0) is 24.5 Å². The maximum atomic E-state index is 13.1. The van der Waals surface area contributed by atoms with Crippen LogP contribution in [0.2, 0.25) is 0 Å². The van der Waals surface area contributed by atoms with E-state index in [4.69, 9.17) is 5.11 Å². The Bertz CT molecular complexity index is 553. The van der Waals surface area contributed by atoms with E-state index in [9.17, 15) is 22.8 Å². The lowest BCUT2D eigenvalue weighted by Crippen LogP contribution is -2.42. The van der Waals surface area contributed by atoms with E-state index in [2.05, 4.69) is 0 Å². The molecule has 1 saturated heterocycles. The first-order valence-corrected chi connectivity index (χ1v) is 6.01. The van der Waals surface area contributed by atoms with Crippen molar-refractivity contribution in [2.75, 3.05) is 6.54 Å². The van der Waals surface area contributed by atoms with Crippen molar-refractivity contribution < 1.29 is 27.9 Å². The second-order valence-corrected chi connectivity index (χ2v) is 4.80. The van der Waals surface area contributed by atoms with Gasteiger partial charge in [-0.15, -0.1) is 0 Å². The second-order valence-electron chi connectivity index (χ2n) is 4.80. The molecule has 1 aromatic carbocycles. The predicted molar refractivity (Wildman–Crippen MR) is 62.6 cm³/mol. The van der Waals surface area contributed by atoms with Gasteiger partial charge in [0.2, 0.25) is 0 Å². The molecule has 2 atom stereocenters. The maximum Gasteiger partial charge on any atom is 0.326 e. The number of carboxylic acids is 1. The highest BCUT2D eigenvalue weighted by atomic mass is 19.2. The number of aliphatic carboxylic acids is 1. The minimum atomic E-state index is -1.66. The molecule has 2 rings (SSSR count). The number of amides is 1. The molecule has 0 bridgehead atoms. The summed E-state index contributed by atoms with van der Waals surface area (Å²) in [5, 5.41) is 9.10. The molecular formula is C13H12F3NO3. The van der Waals surface area contributed by atoms with Crippen LogP contribution in [0, 0.1) is 23.4 Å². The van der Waals surface area contributed by atoms with Crippen LogP contribution in [-0.2, 0) is 4.79 Å². The van der Waals surface area contributed by atoms with Crippen molar-refractivity contribution in [2.24, 2.45) is 5.92 Å². The van der Waals surface area contributed by atoms with Crippen LogP contribution in [0.4, 0.5) is 13.2 Å². The summed E-state index contributed by atoms with van der Waals surface area (Å²) in [6.45, 7) is 1.86. The van der Waals surface area contributed by atoms with E-state index in [-0.39, 0.29) is 12.5 Å². The van der Waals surface area contributed by atoms with E-state index in [1.54, 1.807) is 6.92 Å². The second kappa shape index (κ2) is 5.15. The van der Waals surface area contributed by atoms with Gasteiger partial charge in [0.15, 0.2) is 17.5 Å². The monoisotopic (exact) mass is 287 g/mol. The third-order valence-electron chi connectivity index (χ3n) is 3.44. The fourth-order valence-corrected chi connectivity index (χ4v) is 2.40. The molecule has 1 fully saturated rings. The highest BCUT2D eigenvalue weighted by Gasteiger charge is 2.40. The molecule has 1 aliphatic heterocycles. The van der Waals surface area contributed by atoms with Gasteiger partial charge < -0.3 is 10.0 Å². The van der Waals surface area contributed by atoms with Crippen LogP contribution in [0.25, 0.3) is 0 Å². The van der Waals surface area contributed by atoms with Gasteiger partial charge in [0.25, 0.3) is 5.91 Å². The summed E-state index contributed by atoms with van der Waals surface area (Å²) in [7, 11) is 0. The van der Waals surface area contributed by atoms with E-state index in [0.717, 1.165) is 4.90 Å². The van der Waals surface area contributed by atoms with Gasteiger partial charge in [-0.1, -0.05) is 6.92 Å². The predicted octanol–water partition coefficient (Wildman–Crippen LogP) is 2.04. The van der Waals surface area contributed by atoms with Crippen LogP contribution in [0.3, 0.4) is 0 Å². The van der Waals surface area contributed by atoms with Gasteiger partial charge in [-0.25, -0.2) is 18.0 Å². The molecule has 1 N–H and O–H groups in total. The first-order valence-electron chi connectivity index (χ1n) is 6.01. The first kappa shape index (κ1) is 14.4. The van der Waals surface area contributed by atoms with Crippen molar-refractivity contribution in [3.8, 4) is 0 Å². The molecule has 0 radical (unpaired) electrons. The normalized spacial score (nSPS) is 22.1. The van der Waals surface area contributed by atoms with Gasteiger partial charge in [0.1, 0.15) is 6.04 Å². The number of carbonyl (C=O) groups is 2. The lowest BCUT2D eigenvalue weighted by Gasteiger charge is -2.23. The fraction of sp³-hybridized carbons (Fsp3) is 0.385. The number of benzene rings is 1. The summed E-state index contributed by atoms with van der Waals surface area (Å²) >= 11 is 0. The van der Waals surface area contributed by atoms with E-state index in [1.807, 2.05) is 0 Å². The third-order valence-corrected chi connectivity index (χ3v) is 3.44. The van der Waals surface area contributed by atoms with Gasteiger partial charge in [0, 0.05) is 12.1 Å². The zero-order valence-corrected chi connectivity index (χ0v) is 10.6. The van der Waals surface area contributed by atoms with E-state index < -0.39 is 40.9 Å². The van der Waals surface area contributed by atoms with Crippen LogP contribution in [0.1, 0.15) is 23.7 Å². The maximum absolute atomic E-state index is 13.1. The van der Waals surface area contributed by atoms with Crippen molar-refractivity contribution in [2.45, 2.75) is 19.4 Å². The number of hydrogen-bond acceptors (Lipinski definition) is 2. The molecule has 1 aliphatic rings. The Hall–Kier alpha value is -2.05. The van der Waals surface area contributed by atoms with Crippen molar-refractivity contribution in [3.63, 3.8) is 0 Å². The van der Waals surface area contributed by atoms with Crippen LogP contribution >= 0.6 is 0 Å². The molecule has 20 heavy (non-hydrogen) atoms. The molecule has 108 valence electrons. The van der Waals surface area contributed by atoms with Crippen molar-refractivity contribution in [1.82, 2.24) is 4.90 Å². The fourth-order valence-electron chi connectivity index (χ4n) is 2.40. The lowest BCUT2D eigenvalue weighted by atomic mass is 10.0. The number of carbonyl (C=O) groups excluding carboxylic acids is 1. The molecule has 0 aliphatic carbocycles. The van der Waals surface area contributed by atoms with Gasteiger partial charge >= 0.3 is 5.97 Å². The number of nitrogens with zero attached hydrogens (tertiary/aromatic N) is 1. The van der Waals surface area contributed by atoms with E-state index in [1.165, 1.54) is 0 Å². The quantitative estimate of drug-likeness (QED) is 0.847. The summed E-state index contributed by atoms with van der Waals surface area (Å²) in [4.78, 5) is 24.3. The SMILES string of the molecule is CC1CCN(C(=O)c2cc(F)c(F)c(F)c2)C1C(=O)O. The van der Waals surface area contributed by atoms with Crippen LogP contribution in [-0.4, -0.2) is 34.5 Å². The highest BCUT2D eigenvalue weighted by Crippen LogP contribution is 2.26. The van der Waals surface area contributed by atoms with Crippen molar-refractivity contribution >= 4 is 11.9 Å². The van der Waals surface area contributed by atoms with Crippen molar-refractivity contribution in [1.29, 1.82) is 0 Å². The Morgan fingerprint density at radius 1 is 1.25 bits per heavy atom. The molecule has 1 heterocycles. The number of carboxylic acid groups (broad SMARTS) is 1. The average Bonchev–Trinajstić information content (AvgIpc) is 2.76. The molecular weight excluding hydrogens is 275 g/mol. The number of rotatable bonds is 2. The molecule has 0 spiro atoms. The Morgan fingerprint density at radius 3 is 2.30 bits per heavy atom.